The zero-order valence-electron chi connectivity index (χ0n) is 21.7. The molecule has 0 radical (unpaired) electrons. The Morgan fingerprint density at radius 1 is 0.895 bits per heavy atom. The first-order valence-electron chi connectivity index (χ1n) is 13.4. The molecular weight excluding hydrogens is 526 g/mol. The number of ether oxygens (including phenoxy) is 1. The number of pyridine rings is 1. The Morgan fingerprint density at radius 3 is 2.24 bits per heavy atom. The number of aromatic nitrogens is 1. The van der Waals surface area contributed by atoms with Gasteiger partial charge in [-0.3, -0.25) is 19.6 Å². The molecule has 206 valence electrons. The topological polar surface area (TPSA) is 86.3 Å². The predicted molar refractivity (Wildman–Crippen MR) is 145 cm³/mol. The summed E-state index contributed by atoms with van der Waals surface area (Å²) in [5.41, 5.74) is 1.88. The highest BCUT2D eigenvalue weighted by atomic mass is 35.5. The normalized spacial score (nSPS) is 21.0. The number of likely N-dealkylation sites (tertiary alicyclic amines) is 1. The molecule has 5 rings (SSSR count). The van der Waals surface area contributed by atoms with E-state index >= 15 is 0 Å². The summed E-state index contributed by atoms with van der Waals surface area (Å²) in [6, 6.07) is 9.17. The second-order valence-corrected chi connectivity index (χ2v) is 12.6. The van der Waals surface area contributed by atoms with Crippen molar-refractivity contribution in [2.45, 2.75) is 30.8 Å². The monoisotopic (exact) mass is 561 g/mol. The van der Waals surface area contributed by atoms with Gasteiger partial charge < -0.3 is 9.64 Å². The Balaban J connectivity index is 1.14. The number of amides is 1. The average Bonchev–Trinajstić information content (AvgIpc) is 2.95. The second kappa shape index (κ2) is 12.4. The molecule has 1 amide bonds. The van der Waals surface area contributed by atoms with E-state index in [1.165, 1.54) is 9.87 Å². The van der Waals surface area contributed by atoms with Crippen molar-refractivity contribution >= 4 is 27.5 Å². The molecule has 2 aromatic rings. The Morgan fingerprint density at radius 2 is 1.55 bits per heavy atom. The van der Waals surface area contributed by atoms with Crippen LogP contribution in [0.5, 0.6) is 0 Å². The first kappa shape index (κ1) is 27.5. The number of nitrogens with zero attached hydrogens (tertiary/aromatic N) is 5. The standard InChI is InChI=1S/C27H36ClN5O4S/c28-25-2-1-3-26(38(35,36)33-16-18-37-19-17-33)24(25)21-31-12-14-32(15-13-31)27(34)23-6-10-30(11-7-23)20-22-4-8-29-9-5-22/h1-5,8-9,23H,6-7,10-21H2. The van der Waals surface area contributed by atoms with Crippen molar-refractivity contribution in [3.05, 3.63) is 58.9 Å². The molecule has 0 spiro atoms. The lowest BCUT2D eigenvalue weighted by Crippen LogP contribution is -2.51. The van der Waals surface area contributed by atoms with Crippen LogP contribution < -0.4 is 0 Å². The molecule has 0 N–H and O–H groups in total. The summed E-state index contributed by atoms with van der Waals surface area (Å²) in [4.78, 5) is 24.2. The van der Waals surface area contributed by atoms with Gasteiger partial charge in [-0.25, -0.2) is 8.42 Å². The van der Waals surface area contributed by atoms with Gasteiger partial charge >= 0.3 is 0 Å². The largest absolute Gasteiger partial charge is 0.379 e. The number of sulfonamides is 1. The summed E-state index contributed by atoms with van der Waals surface area (Å²) in [6.07, 6.45) is 5.40. The smallest absolute Gasteiger partial charge is 0.243 e. The molecule has 38 heavy (non-hydrogen) atoms. The number of piperazine rings is 1. The van der Waals surface area contributed by atoms with Crippen LogP contribution in [0.15, 0.2) is 47.6 Å². The number of benzene rings is 1. The zero-order valence-corrected chi connectivity index (χ0v) is 23.2. The predicted octanol–water partition coefficient (Wildman–Crippen LogP) is 2.31. The highest BCUT2D eigenvalue weighted by molar-refractivity contribution is 7.89. The van der Waals surface area contributed by atoms with E-state index in [4.69, 9.17) is 16.3 Å². The number of hydrogen-bond donors (Lipinski definition) is 0. The molecule has 0 bridgehead atoms. The van der Waals surface area contributed by atoms with Crippen molar-refractivity contribution in [2.24, 2.45) is 5.92 Å². The quantitative estimate of drug-likeness (QED) is 0.513. The van der Waals surface area contributed by atoms with Gasteiger partial charge in [0.15, 0.2) is 0 Å². The minimum Gasteiger partial charge on any atom is -0.379 e. The van der Waals surface area contributed by atoms with Crippen molar-refractivity contribution in [1.29, 1.82) is 0 Å². The van der Waals surface area contributed by atoms with Gasteiger partial charge in [-0.05, 0) is 55.8 Å². The SMILES string of the molecule is O=C(C1CCN(Cc2ccncc2)CC1)N1CCN(Cc2c(Cl)cccc2S(=O)(=O)N2CCOCC2)CC1. The lowest BCUT2D eigenvalue weighted by atomic mass is 9.94. The van der Waals surface area contributed by atoms with Gasteiger partial charge in [0.25, 0.3) is 0 Å². The van der Waals surface area contributed by atoms with Crippen LogP contribution in [0.4, 0.5) is 0 Å². The van der Waals surface area contributed by atoms with Gasteiger partial charge in [0, 0.05) is 81.3 Å². The molecule has 3 saturated heterocycles. The third-order valence-electron chi connectivity index (χ3n) is 7.82. The number of piperidine rings is 1. The van der Waals surface area contributed by atoms with Gasteiger partial charge in [-0.2, -0.15) is 4.31 Å². The molecule has 4 heterocycles. The summed E-state index contributed by atoms with van der Waals surface area (Å²) in [6.45, 7) is 7.33. The van der Waals surface area contributed by atoms with Crippen molar-refractivity contribution in [3.8, 4) is 0 Å². The van der Waals surface area contributed by atoms with Crippen molar-refractivity contribution < 1.29 is 17.9 Å². The summed E-state index contributed by atoms with van der Waals surface area (Å²) in [5, 5.41) is 0.455. The average molecular weight is 562 g/mol. The van der Waals surface area contributed by atoms with E-state index in [1.807, 2.05) is 29.4 Å². The highest BCUT2D eigenvalue weighted by Gasteiger charge is 2.33. The number of rotatable bonds is 7. The van der Waals surface area contributed by atoms with Gasteiger partial charge in [-0.15, -0.1) is 0 Å². The molecule has 3 aliphatic rings. The maximum Gasteiger partial charge on any atom is 0.243 e. The van der Waals surface area contributed by atoms with Crippen LogP contribution >= 0.6 is 11.6 Å². The van der Waals surface area contributed by atoms with Crippen LogP contribution in [0, 0.1) is 5.92 Å². The number of morpholine rings is 1. The van der Waals surface area contributed by atoms with E-state index < -0.39 is 10.0 Å². The van der Waals surface area contributed by atoms with E-state index in [1.54, 1.807) is 18.2 Å². The first-order valence-corrected chi connectivity index (χ1v) is 15.2. The molecule has 9 nitrogen and oxygen atoms in total. The molecule has 0 atom stereocenters. The van der Waals surface area contributed by atoms with E-state index in [-0.39, 0.29) is 16.7 Å². The molecule has 1 aromatic heterocycles. The fraction of sp³-hybridized carbons (Fsp3) is 0.556. The molecule has 3 fully saturated rings. The third kappa shape index (κ3) is 6.38. The summed E-state index contributed by atoms with van der Waals surface area (Å²) in [7, 11) is -3.66. The minimum atomic E-state index is -3.66. The third-order valence-corrected chi connectivity index (χ3v) is 10.2. The molecule has 0 aliphatic carbocycles. The number of carbonyl (C=O) groups excluding carboxylic acids is 1. The fourth-order valence-electron chi connectivity index (χ4n) is 5.55. The van der Waals surface area contributed by atoms with E-state index in [0.29, 0.717) is 69.6 Å². The van der Waals surface area contributed by atoms with Crippen LogP contribution in [0.2, 0.25) is 5.02 Å². The lowest BCUT2D eigenvalue weighted by Gasteiger charge is -2.39. The van der Waals surface area contributed by atoms with E-state index in [2.05, 4.69) is 14.8 Å². The molecule has 3 aliphatic heterocycles. The van der Waals surface area contributed by atoms with Crippen molar-refractivity contribution in [1.82, 2.24) is 24.0 Å². The van der Waals surface area contributed by atoms with Gasteiger partial charge in [-0.1, -0.05) is 17.7 Å². The maximum atomic E-state index is 13.4. The van der Waals surface area contributed by atoms with Crippen molar-refractivity contribution in [2.75, 3.05) is 65.6 Å². The van der Waals surface area contributed by atoms with Gasteiger partial charge in [0.1, 0.15) is 0 Å². The number of carbonyl (C=O) groups is 1. The molecule has 11 heteroatoms. The van der Waals surface area contributed by atoms with Gasteiger partial charge in [0.2, 0.25) is 15.9 Å². The summed E-state index contributed by atoms with van der Waals surface area (Å²) in [5.74, 6) is 0.325. The Labute approximate surface area is 230 Å². The number of halogens is 1. The van der Waals surface area contributed by atoms with Crippen LogP contribution in [-0.2, 0) is 32.6 Å². The van der Waals surface area contributed by atoms with Crippen molar-refractivity contribution in [3.63, 3.8) is 0 Å². The molecule has 0 unspecified atom stereocenters. The van der Waals surface area contributed by atoms with Crippen LogP contribution in [0.25, 0.3) is 0 Å². The number of hydrogen-bond acceptors (Lipinski definition) is 7. The Hall–Kier alpha value is -2.08. The van der Waals surface area contributed by atoms with E-state index in [9.17, 15) is 13.2 Å². The van der Waals surface area contributed by atoms with E-state index in [0.717, 1.165) is 32.5 Å². The lowest BCUT2D eigenvalue weighted by molar-refractivity contribution is -0.139. The van der Waals surface area contributed by atoms with Crippen LogP contribution in [0.3, 0.4) is 0 Å². The molecule has 0 saturated carbocycles. The van der Waals surface area contributed by atoms with Gasteiger partial charge in [0.05, 0.1) is 18.1 Å². The first-order chi connectivity index (χ1) is 18.4. The zero-order chi connectivity index (χ0) is 26.5. The summed E-state index contributed by atoms with van der Waals surface area (Å²) >= 11 is 6.53. The minimum absolute atomic E-state index is 0.0732. The van der Waals surface area contributed by atoms with Crippen LogP contribution in [0.1, 0.15) is 24.0 Å². The second-order valence-electron chi connectivity index (χ2n) is 10.2. The maximum absolute atomic E-state index is 13.4. The Kier molecular flexibility index (Phi) is 8.97. The summed E-state index contributed by atoms with van der Waals surface area (Å²) < 4.78 is 33.6. The molecule has 1 aromatic carbocycles. The Bertz CT molecular complexity index is 1190. The highest BCUT2D eigenvalue weighted by Crippen LogP contribution is 2.29. The molecular formula is C27H36ClN5O4S. The van der Waals surface area contributed by atoms with Crippen LogP contribution in [-0.4, -0.2) is 104 Å². The fourth-order valence-corrected chi connectivity index (χ4v) is 7.49.